The zero-order valence-electron chi connectivity index (χ0n) is 13.2. The lowest BCUT2D eigenvalue weighted by molar-refractivity contribution is 0.580. The number of benzene rings is 2. The maximum absolute atomic E-state index is 13.0. The Morgan fingerprint density at radius 1 is 1.08 bits per heavy atom. The van der Waals surface area contributed by atoms with E-state index in [-0.39, 0.29) is 22.7 Å². The van der Waals surface area contributed by atoms with Crippen LogP contribution in [-0.4, -0.2) is 24.2 Å². The molecule has 0 unspecified atom stereocenters. The molecule has 5 nitrogen and oxygen atoms in total. The fourth-order valence-corrected chi connectivity index (χ4v) is 4.06. The fourth-order valence-electron chi connectivity index (χ4n) is 2.84. The second kappa shape index (κ2) is 6.09. The molecule has 2 aromatic carbocycles. The van der Waals surface area contributed by atoms with E-state index in [1.54, 1.807) is 12.1 Å². The van der Waals surface area contributed by atoms with Crippen molar-refractivity contribution in [3.05, 3.63) is 78.4 Å². The lowest BCUT2D eigenvalue weighted by Crippen LogP contribution is -2.26. The highest BCUT2D eigenvalue weighted by atomic mass is 32.2. The third-order valence-electron chi connectivity index (χ3n) is 4.29. The molecule has 7 heteroatoms. The van der Waals surface area contributed by atoms with Gasteiger partial charge in [0.2, 0.25) is 10.0 Å². The minimum atomic E-state index is -3.64. The number of hydrogen-bond acceptors (Lipinski definition) is 3. The molecule has 128 valence electrons. The Kier molecular flexibility index (Phi) is 3.89. The molecule has 25 heavy (non-hydrogen) atoms. The Bertz CT molecular complexity index is 985. The van der Waals surface area contributed by atoms with E-state index in [1.165, 1.54) is 29.2 Å². The molecule has 1 saturated carbocycles. The van der Waals surface area contributed by atoms with Gasteiger partial charge in [-0.15, -0.1) is 0 Å². The largest absolute Gasteiger partial charge is 0.243 e. The van der Waals surface area contributed by atoms with Crippen LogP contribution in [0.2, 0.25) is 0 Å². The van der Waals surface area contributed by atoms with Gasteiger partial charge in [0.15, 0.2) is 0 Å². The van der Waals surface area contributed by atoms with Gasteiger partial charge in [-0.2, -0.15) is 5.10 Å². The highest BCUT2D eigenvalue weighted by Crippen LogP contribution is 2.41. The summed E-state index contributed by atoms with van der Waals surface area (Å²) in [7, 11) is -3.64. The lowest BCUT2D eigenvalue weighted by atomic mass is 10.1. The van der Waals surface area contributed by atoms with Crippen LogP contribution < -0.4 is 4.72 Å². The smallest absolute Gasteiger partial charge is 0.240 e. The molecule has 1 aliphatic carbocycles. The van der Waals surface area contributed by atoms with Crippen molar-refractivity contribution in [2.45, 2.75) is 23.3 Å². The molecule has 1 aromatic heterocycles. The Hall–Kier alpha value is -2.51. The van der Waals surface area contributed by atoms with E-state index in [4.69, 9.17) is 0 Å². The number of halogens is 1. The standard InChI is InChI=1S/C18H16FN3O2S/c19-14-8-6-13(7-9-14)17-10-18(17)21-25(23,24)16-11-20-22(12-16)15-4-2-1-3-5-15/h1-9,11-12,17-18,21H,10H2/t17-,18+/m0/s1. The van der Waals surface area contributed by atoms with Crippen LogP contribution in [0.15, 0.2) is 71.9 Å². The average Bonchev–Trinajstić information content (AvgIpc) is 3.17. The summed E-state index contributed by atoms with van der Waals surface area (Å²) in [5, 5.41) is 4.12. The molecule has 1 aliphatic rings. The topological polar surface area (TPSA) is 64.0 Å². The van der Waals surface area contributed by atoms with Crippen LogP contribution in [0.5, 0.6) is 0 Å². The van der Waals surface area contributed by atoms with E-state index in [0.29, 0.717) is 6.42 Å². The predicted molar refractivity (Wildman–Crippen MR) is 91.4 cm³/mol. The van der Waals surface area contributed by atoms with Gasteiger partial charge in [0.25, 0.3) is 0 Å². The molecule has 1 heterocycles. The van der Waals surface area contributed by atoms with Crippen molar-refractivity contribution in [1.29, 1.82) is 0 Å². The van der Waals surface area contributed by atoms with Gasteiger partial charge in [0.05, 0.1) is 18.1 Å². The van der Waals surface area contributed by atoms with Crippen LogP contribution in [0.4, 0.5) is 4.39 Å². The number of nitrogens with zero attached hydrogens (tertiary/aromatic N) is 2. The molecular formula is C18H16FN3O2S. The second-order valence-electron chi connectivity index (χ2n) is 6.08. The number of para-hydroxylation sites is 1. The third-order valence-corrected chi connectivity index (χ3v) is 5.73. The van der Waals surface area contributed by atoms with Crippen molar-refractivity contribution >= 4 is 10.0 Å². The molecule has 0 saturated heterocycles. The van der Waals surface area contributed by atoms with Gasteiger partial charge in [-0.3, -0.25) is 0 Å². The number of aromatic nitrogens is 2. The average molecular weight is 357 g/mol. The molecule has 0 aliphatic heterocycles. The van der Waals surface area contributed by atoms with Gasteiger partial charge in [-0.05, 0) is 36.2 Å². The summed E-state index contributed by atoms with van der Waals surface area (Å²) < 4.78 is 42.3. The first-order valence-corrected chi connectivity index (χ1v) is 9.39. The number of sulfonamides is 1. The van der Waals surface area contributed by atoms with E-state index in [0.717, 1.165) is 11.3 Å². The molecule has 1 fully saturated rings. The van der Waals surface area contributed by atoms with Crippen LogP contribution in [0.3, 0.4) is 0 Å². The first-order valence-electron chi connectivity index (χ1n) is 7.91. The summed E-state index contributed by atoms with van der Waals surface area (Å²) in [6, 6.07) is 15.3. The van der Waals surface area contributed by atoms with Gasteiger partial charge in [-0.1, -0.05) is 30.3 Å². The lowest BCUT2D eigenvalue weighted by Gasteiger charge is -2.04. The van der Waals surface area contributed by atoms with Crippen LogP contribution in [-0.2, 0) is 10.0 Å². The quantitative estimate of drug-likeness (QED) is 0.764. The maximum Gasteiger partial charge on any atom is 0.243 e. The Morgan fingerprint density at radius 3 is 2.52 bits per heavy atom. The summed E-state index contributed by atoms with van der Waals surface area (Å²) in [6.07, 6.45) is 3.54. The first kappa shape index (κ1) is 16.0. The predicted octanol–water partition coefficient (Wildman–Crippen LogP) is 2.85. The summed E-state index contributed by atoms with van der Waals surface area (Å²) in [5.74, 6) is -0.214. The van der Waals surface area contributed by atoms with Gasteiger partial charge >= 0.3 is 0 Å². The molecule has 0 amide bonds. The van der Waals surface area contributed by atoms with E-state index in [2.05, 4.69) is 9.82 Å². The van der Waals surface area contributed by atoms with E-state index in [9.17, 15) is 12.8 Å². The van der Waals surface area contributed by atoms with Crippen LogP contribution >= 0.6 is 0 Å². The minimum absolute atomic E-state index is 0.0829. The summed E-state index contributed by atoms with van der Waals surface area (Å²) in [4.78, 5) is 0.126. The van der Waals surface area contributed by atoms with Gasteiger partial charge in [0.1, 0.15) is 10.7 Å². The van der Waals surface area contributed by atoms with Crippen molar-refractivity contribution in [3.63, 3.8) is 0 Å². The van der Waals surface area contributed by atoms with Gasteiger partial charge in [-0.25, -0.2) is 22.2 Å². The maximum atomic E-state index is 13.0. The third kappa shape index (κ3) is 3.33. The van der Waals surface area contributed by atoms with Crippen molar-refractivity contribution in [2.75, 3.05) is 0 Å². The minimum Gasteiger partial charge on any atom is -0.240 e. The monoisotopic (exact) mass is 357 g/mol. The van der Waals surface area contributed by atoms with Crippen LogP contribution in [0.1, 0.15) is 17.9 Å². The van der Waals surface area contributed by atoms with E-state index < -0.39 is 10.0 Å². The highest BCUT2D eigenvalue weighted by molar-refractivity contribution is 7.89. The first-order chi connectivity index (χ1) is 12.0. The van der Waals surface area contributed by atoms with E-state index in [1.807, 2.05) is 30.3 Å². The molecule has 1 N–H and O–H groups in total. The zero-order valence-corrected chi connectivity index (χ0v) is 14.0. The molecule has 4 rings (SSSR count). The van der Waals surface area contributed by atoms with Crippen LogP contribution in [0.25, 0.3) is 5.69 Å². The Balaban J connectivity index is 1.48. The van der Waals surface area contributed by atoms with Crippen molar-refractivity contribution in [1.82, 2.24) is 14.5 Å². The van der Waals surface area contributed by atoms with Crippen molar-refractivity contribution in [3.8, 4) is 5.69 Å². The Labute approximate surface area is 145 Å². The molecule has 0 bridgehead atoms. The zero-order chi connectivity index (χ0) is 17.4. The fraction of sp³-hybridized carbons (Fsp3) is 0.167. The molecule has 0 spiro atoms. The van der Waals surface area contributed by atoms with Gasteiger partial charge in [0, 0.05) is 12.0 Å². The number of hydrogen-bond donors (Lipinski definition) is 1. The van der Waals surface area contributed by atoms with Crippen LogP contribution in [0, 0.1) is 5.82 Å². The van der Waals surface area contributed by atoms with Gasteiger partial charge < -0.3 is 0 Å². The number of nitrogens with one attached hydrogen (secondary N) is 1. The molecule has 2 atom stereocenters. The van der Waals surface area contributed by atoms with Crippen molar-refractivity contribution < 1.29 is 12.8 Å². The Morgan fingerprint density at radius 2 is 1.80 bits per heavy atom. The summed E-state index contributed by atoms with van der Waals surface area (Å²) in [5.41, 5.74) is 1.73. The van der Waals surface area contributed by atoms with Crippen molar-refractivity contribution in [2.24, 2.45) is 0 Å². The normalized spacial score (nSPS) is 19.7. The number of rotatable bonds is 5. The summed E-state index contributed by atoms with van der Waals surface area (Å²) in [6.45, 7) is 0. The molecular weight excluding hydrogens is 341 g/mol. The SMILES string of the molecule is O=S(=O)(N[C@@H]1C[C@H]1c1ccc(F)cc1)c1cnn(-c2ccccc2)c1. The summed E-state index contributed by atoms with van der Waals surface area (Å²) >= 11 is 0. The molecule has 3 aromatic rings. The second-order valence-corrected chi connectivity index (χ2v) is 7.79. The van der Waals surface area contributed by atoms with E-state index >= 15 is 0 Å². The highest BCUT2D eigenvalue weighted by Gasteiger charge is 2.41. The molecule has 0 radical (unpaired) electrons.